The minimum atomic E-state index is -4.41. The second-order valence-electron chi connectivity index (χ2n) is 13.0. The molecule has 1 fully saturated rings. The predicted octanol–water partition coefficient (Wildman–Crippen LogP) is 8.05. The van der Waals surface area contributed by atoms with Crippen molar-refractivity contribution in [2.45, 2.75) is 57.8 Å². The van der Waals surface area contributed by atoms with Crippen molar-refractivity contribution in [1.29, 1.82) is 0 Å². The summed E-state index contributed by atoms with van der Waals surface area (Å²) in [5.41, 5.74) is 1.74. The number of nitrogens with zero attached hydrogens (tertiary/aromatic N) is 4. The van der Waals surface area contributed by atoms with Crippen molar-refractivity contribution >= 4 is 16.8 Å². The van der Waals surface area contributed by atoms with Crippen LogP contribution in [0.1, 0.15) is 48.2 Å². The first kappa shape index (κ1) is 35.9. The molecule has 0 N–H and O–H groups in total. The minimum absolute atomic E-state index is 0.0768. The van der Waals surface area contributed by atoms with Crippen LogP contribution in [0, 0.1) is 11.6 Å². The molecule has 0 unspecified atom stereocenters. The number of para-hydroxylation sites is 1. The first-order chi connectivity index (χ1) is 24.6. The predicted molar refractivity (Wildman–Crippen MR) is 187 cm³/mol. The molecule has 1 saturated heterocycles. The van der Waals surface area contributed by atoms with E-state index in [9.17, 15) is 31.5 Å². The van der Waals surface area contributed by atoms with Gasteiger partial charge in [0, 0.05) is 19.5 Å². The van der Waals surface area contributed by atoms with E-state index in [2.05, 4.69) is 9.88 Å². The molecular weight excluding hydrogens is 663 g/mol. The number of piperidine rings is 1. The summed E-state index contributed by atoms with van der Waals surface area (Å²) in [5.74, 6) is -1.81. The fraction of sp³-hybridized carbons (Fsp3) is 0.325. The van der Waals surface area contributed by atoms with Crippen LogP contribution >= 0.6 is 0 Å². The van der Waals surface area contributed by atoms with E-state index >= 15 is 0 Å². The van der Waals surface area contributed by atoms with E-state index in [1.807, 2.05) is 24.3 Å². The van der Waals surface area contributed by atoms with Crippen LogP contribution < -0.4 is 5.56 Å². The first-order valence-corrected chi connectivity index (χ1v) is 17.2. The summed E-state index contributed by atoms with van der Waals surface area (Å²) in [5, 5.41) is 0.349. The maximum Gasteiger partial charge on any atom is 0.416 e. The molecule has 0 atom stereocenters. The van der Waals surface area contributed by atoms with Crippen molar-refractivity contribution in [3.8, 4) is 11.1 Å². The Morgan fingerprint density at radius 1 is 0.804 bits per heavy atom. The summed E-state index contributed by atoms with van der Waals surface area (Å²) in [4.78, 5) is 35.7. The van der Waals surface area contributed by atoms with Crippen LogP contribution in [0.2, 0.25) is 0 Å². The summed E-state index contributed by atoms with van der Waals surface area (Å²) in [7, 11) is 0. The normalized spacial score (nSPS) is 13.8. The van der Waals surface area contributed by atoms with Gasteiger partial charge in [0.25, 0.3) is 5.56 Å². The Morgan fingerprint density at radius 2 is 1.49 bits per heavy atom. The Morgan fingerprint density at radius 3 is 2.20 bits per heavy atom. The van der Waals surface area contributed by atoms with Crippen LogP contribution in [0.5, 0.6) is 0 Å². The molecule has 266 valence electrons. The van der Waals surface area contributed by atoms with Gasteiger partial charge in [-0.2, -0.15) is 18.2 Å². The van der Waals surface area contributed by atoms with E-state index in [0.29, 0.717) is 35.4 Å². The minimum Gasteiger partial charge on any atom is -0.337 e. The maximum atomic E-state index is 14.5. The van der Waals surface area contributed by atoms with Crippen molar-refractivity contribution in [2.75, 3.05) is 26.2 Å². The Hall–Kier alpha value is -4.90. The van der Waals surface area contributed by atoms with Gasteiger partial charge in [0.05, 0.1) is 16.5 Å². The van der Waals surface area contributed by atoms with E-state index in [1.54, 1.807) is 33.7 Å². The average Bonchev–Trinajstić information content (AvgIpc) is 3.13. The number of hydrogen-bond acceptors (Lipinski definition) is 4. The molecule has 1 aliphatic rings. The number of benzene rings is 4. The zero-order valence-corrected chi connectivity index (χ0v) is 28.1. The number of hydrogen-bond donors (Lipinski definition) is 0. The van der Waals surface area contributed by atoms with Gasteiger partial charge in [-0.15, -0.1) is 0 Å². The molecule has 1 amide bonds. The summed E-state index contributed by atoms with van der Waals surface area (Å²) in [6.45, 7) is 3.56. The molecule has 2 heterocycles. The lowest BCUT2D eigenvalue weighted by Crippen LogP contribution is -2.38. The van der Waals surface area contributed by atoms with Crippen LogP contribution in [0.15, 0.2) is 95.8 Å². The Bertz CT molecular complexity index is 2020. The Labute approximate surface area is 293 Å². The molecule has 1 aromatic heterocycles. The molecule has 11 heteroatoms. The third kappa shape index (κ3) is 8.89. The fourth-order valence-electron chi connectivity index (χ4n) is 6.69. The second kappa shape index (κ2) is 16.0. The molecular formula is C40H39F5N4O2. The highest BCUT2D eigenvalue weighted by molar-refractivity contribution is 5.82. The Kier molecular flexibility index (Phi) is 11.2. The zero-order valence-electron chi connectivity index (χ0n) is 28.1. The summed E-state index contributed by atoms with van der Waals surface area (Å²) >= 11 is 0. The lowest BCUT2D eigenvalue weighted by Gasteiger charge is -2.29. The first-order valence-electron chi connectivity index (χ1n) is 17.2. The number of alkyl halides is 3. The summed E-state index contributed by atoms with van der Waals surface area (Å²) in [6, 6.07) is 23.3. The van der Waals surface area contributed by atoms with E-state index < -0.39 is 28.9 Å². The van der Waals surface area contributed by atoms with E-state index in [-0.39, 0.29) is 30.9 Å². The van der Waals surface area contributed by atoms with Gasteiger partial charge in [0.2, 0.25) is 5.91 Å². The molecule has 0 radical (unpaired) electrons. The number of rotatable bonds is 12. The largest absolute Gasteiger partial charge is 0.416 e. The molecule has 4 aromatic carbocycles. The number of fused-ring (bicyclic) bond motifs is 1. The Balaban J connectivity index is 1.25. The highest BCUT2D eigenvalue weighted by atomic mass is 19.4. The topological polar surface area (TPSA) is 58.4 Å². The number of carbonyl (C=O) groups excluding carboxylic acids is 1. The quantitative estimate of drug-likeness (QED) is 0.124. The zero-order chi connectivity index (χ0) is 36.0. The van der Waals surface area contributed by atoms with Gasteiger partial charge in [-0.05, 0) is 97.9 Å². The van der Waals surface area contributed by atoms with Crippen molar-refractivity contribution in [3.05, 3.63) is 135 Å². The van der Waals surface area contributed by atoms with E-state index in [0.717, 1.165) is 68.2 Å². The lowest BCUT2D eigenvalue weighted by atomic mass is 10.0. The molecule has 6 rings (SSSR count). The molecule has 0 bridgehead atoms. The van der Waals surface area contributed by atoms with Crippen LogP contribution in [0.25, 0.3) is 22.0 Å². The van der Waals surface area contributed by atoms with Gasteiger partial charge in [0.15, 0.2) is 11.6 Å². The van der Waals surface area contributed by atoms with E-state index in [4.69, 9.17) is 0 Å². The monoisotopic (exact) mass is 702 g/mol. The molecule has 51 heavy (non-hydrogen) atoms. The standard InChI is InChI=1S/C40H39F5N4O2/c41-34-10-6-8-31(38(34)42)18-21-36-46-39(51)33-9-2-3-11-35(33)49(36)27-37(50)48(25-7-24-47-22-4-1-5-23-47)26-28-12-14-29(15-13-28)30-16-19-32(20-17-30)40(43,44)45/h2-3,6,8-17,19-20H,1,4-5,7,18,21-27H2. The van der Waals surface area contributed by atoms with Crippen molar-refractivity contribution < 1.29 is 26.7 Å². The van der Waals surface area contributed by atoms with Crippen LogP contribution in [-0.2, 0) is 36.9 Å². The molecule has 0 saturated carbocycles. The molecule has 0 aliphatic carbocycles. The number of carbonyl (C=O) groups is 1. The molecule has 1 aliphatic heterocycles. The number of halogens is 5. The number of aromatic nitrogens is 2. The molecule has 6 nitrogen and oxygen atoms in total. The smallest absolute Gasteiger partial charge is 0.337 e. The number of aryl methyl sites for hydroxylation is 2. The van der Waals surface area contributed by atoms with Crippen LogP contribution in [-0.4, -0.2) is 51.4 Å². The average molecular weight is 703 g/mol. The van der Waals surface area contributed by atoms with Gasteiger partial charge in [-0.1, -0.05) is 67.1 Å². The molecule has 0 spiro atoms. The van der Waals surface area contributed by atoms with E-state index in [1.165, 1.54) is 30.7 Å². The number of likely N-dealkylation sites (tertiary alicyclic amines) is 1. The van der Waals surface area contributed by atoms with Crippen molar-refractivity contribution in [3.63, 3.8) is 0 Å². The van der Waals surface area contributed by atoms with Gasteiger partial charge in [-0.25, -0.2) is 8.78 Å². The third-order valence-corrected chi connectivity index (χ3v) is 9.49. The highest BCUT2D eigenvalue weighted by Gasteiger charge is 2.30. The second-order valence-corrected chi connectivity index (χ2v) is 13.0. The van der Waals surface area contributed by atoms with Crippen molar-refractivity contribution in [1.82, 2.24) is 19.4 Å². The number of amides is 1. The van der Waals surface area contributed by atoms with Gasteiger partial charge in [-0.3, -0.25) is 9.59 Å². The SMILES string of the molecule is O=C(Cn1c(CCc2cccc(F)c2F)nc(=O)c2ccccc21)N(CCCN1CCCCC1)Cc1ccc(-c2ccc(C(F)(F)F)cc2)cc1. The summed E-state index contributed by atoms with van der Waals surface area (Å²) in [6.07, 6.45) is 0.0558. The van der Waals surface area contributed by atoms with Crippen molar-refractivity contribution in [2.24, 2.45) is 0 Å². The lowest BCUT2D eigenvalue weighted by molar-refractivity contribution is -0.137. The third-order valence-electron chi connectivity index (χ3n) is 9.49. The molecule has 5 aromatic rings. The van der Waals surface area contributed by atoms with Crippen LogP contribution in [0.3, 0.4) is 0 Å². The van der Waals surface area contributed by atoms with Gasteiger partial charge >= 0.3 is 6.18 Å². The highest BCUT2D eigenvalue weighted by Crippen LogP contribution is 2.31. The van der Waals surface area contributed by atoms with Crippen LogP contribution in [0.4, 0.5) is 22.0 Å². The van der Waals surface area contributed by atoms with Gasteiger partial charge in [0.1, 0.15) is 12.4 Å². The fourth-order valence-corrected chi connectivity index (χ4v) is 6.69. The maximum absolute atomic E-state index is 14.5. The van der Waals surface area contributed by atoms with Gasteiger partial charge < -0.3 is 14.4 Å². The summed E-state index contributed by atoms with van der Waals surface area (Å²) < 4.78 is 69.4.